The predicted molar refractivity (Wildman–Crippen MR) is 65.8 cm³/mol. The number of aromatic nitrogens is 2. The Bertz CT molecular complexity index is 388. The van der Waals surface area contributed by atoms with Crippen LogP contribution in [0.4, 0.5) is 6.01 Å². The minimum Gasteiger partial charge on any atom is -0.338 e. The van der Waals surface area contributed by atoms with Gasteiger partial charge in [0.1, 0.15) is 0 Å². The molecule has 0 aromatic carbocycles. The molecule has 0 spiro atoms. The molecule has 0 saturated heterocycles. The van der Waals surface area contributed by atoms with Gasteiger partial charge in [-0.1, -0.05) is 25.4 Å². The van der Waals surface area contributed by atoms with Gasteiger partial charge in [-0.2, -0.15) is 4.98 Å². The van der Waals surface area contributed by atoms with E-state index >= 15 is 0 Å². The molecular formula is C13H21N3O. The summed E-state index contributed by atoms with van der Waals surface area (Å²) in [7, 11) is 0. The first-order valence-electron chi connectivity index (χ1n) is 6.80. The van der Waals surface area contributed by atoms with Gasteiger partial charge in [0, 0.05) is 12.5 Å². The Labute approximate surface area is 102 Å². The maximum absolute atomic E-state index is 5.26. The average molecular weight is 235 g/mol. The van der Waals surface area contributed by atoms with Crippen molar-refractivity contribution in [1.29, 1.82) is 0 Å². The fraction of sp³-hybridized carbons (Fsp3) is 0.846. The molecule has 1 aromatic rings. The molecule has 2 aliphatic carbocycles. The Hall–Kier alpha value is -1.06. The molecule has 2 aliphatic rings. The molecular weight excluding hydrogens is 214 g/mol. The zero-order valence-corrected chi connectivity index (χ0v) is 10.6. The summed E-state index contributed by atoms with van der Waals surface area (Å²) >= 11 is 0. The molecule has 3 atom stereocenters. The molecule has 2 saturated carbocycles. The first kappa shape index (κ1) is 11.1. The summed E-state index contributed by atoms with van der Waals surface area (Å²) in [5.41, 5.74) is 0. The van der Waals surface area contributed by atoms with E-state index in [1.165, 1.54) is 25.7 Å². The molecule has 4 heteroatoms. The largest absolute Gasteiger partial charge is 0.338 e. The van der Waals surface area contributed by atoms with Crippen LogP contribution < -0.4 is 5.32 Å². The fourth-order valence-electron chi connectivity index (χ4n) is 3.31. The van der Waals surface area contributed by atoms with Gasteiger partial charge in [-0.3, -0.25) is 0 Å². The lowest BCUT2D eigenvalue weighted by Crippen LogP contribution is -2.11. The molecule has 3 rings (SSSR count). The summed E-state index contributed by atoms with van der Waals surface area (Å²) in [5.74, 6) is 3.83. The van der Waals surface area contributed by atoms with E-state index in [1.54, 1.807) is 0 Å². The van der Waals surface area contributed by atoms with Crippen molar-refractivity contribution in [3.63, 3.8) is 0 Å². The number of rotatable bonds is 4. The average Bonchev–Trinajstić information content (AvgIpc) is 3.01. The molecule has 3 unspecified atom stereocenters. The summed E-state index contributed by atoms with van der Waals surface area (Å²) < 4.78 is 5.26. The monoisotopic (exact) mass is 235 g/mol. The molecule has 1 aromatic heterocycles. The van der Waals surface area contributed by atoms with Gasteiger partial charge in [0.25, 0.3) is 0 Å². The number of fused-ring (bicyclic) bond motifs is 2. The smallest absolute Gasteiger partial charge is 0.321 e. The molecule has 0 aliphatic heterocycles. The van der Waals surface area contributed by atoms with Gasteiger partial charge < -0.3 is 9.84 Å². The predicted octanol–water partition coefficient (Wildman–Crippen LogP) is 3.04. The van der Waals surface area contributed by atoms with Gasteiger partial charge in [-0.25, -0.2) is 0 Å². The molecule has 2 bridgehead atoms. The van der Waals surface area contributed by atoms with Crippen molar-refractivity contribution in [3.05, 3.63) is 5.82 Å². The molecule has 1 heterocycles. The quantitative estimate of drug-likeness (QED) is 0.871. The number of anilines is 1. The molecule has 94 valence electrons. The Morgan fingerprint density at radius 3 is 2.88 bits per heavy atom. The van der Waals surface area contributed by atoms with E-state index in [9.17, 15) is 0 Å². The third-order valence-electron chi connectivity index (χ3n) is 4.17. The van der Waals surface area contributed by atoms with E-state index < -0.39 is 0 Å². The zero-order chi connectivity index (χ0) is 11.8. The van der Waals surface area contributed by atoms with E-state index in [4.69, 9.17) is 4.52 Å². The summed E-state index contributed by atoms with van der Waals surface area (Å²) in [6, 6.07) is 0.594. The molecule has 17 heavy (non-hydrogen) atoms. The van der Waals surface area contributed by atoms with Gasteiger partial charge >= 0.3 is 6.01 Å². The van der Waals surface area contributed by atoms with Crippen molar-refractivity contribution in [3.8, 4) is 0 Å². The lowest BCUT2D eigenvalue weighted by Gasteiger charge is -2.17. The minimum absolute atomic E-state index is 0.562. The Kier molecular flexibility index (Phi) is 2.81. The van der Waals surface area contributed by atoms with Gasteiger partial charge in [0.2, 0.25) is 0 Å². The lowest BCUT2D eigenvalue weighted by atomic mass is 9.88. The molecule has 1 N–H and O–H groups in total. The lowest BCUT2D eigenvalue weighted by molar-refractivity contribution is 0.372. The van der Waals surface area contributed by atoms with Gasteiger partial charge in [0.15, 0.2) is 5.82 Å². The highest BCUT2D eigenvalue weighted by molar-refractivity contribution is 5.20. The second kappa shape index (κ2) is 4.31. The van der Waals surface area contributed by atoms with Crippen molar-refractivity contribution in [2.24, 2.45) is 17.8 Å². The third-order valence-corrected chi connectivity index (χ3v) is 4.17. The second-order valence-electron chi connectivity index (χ2n) is 6.01. The van der Waals surface area contributed by atoms with Crippen molar-refractivity contribution in [2.45, 2.75) is 45.4 Å². The van der Waals surface area contributed by atoms with Crippen molar-refractivity contribution < 1.29 is 4.52 Å². The maximum atomic E-state index is 5.26. The maximum Gasteiger partial charge on any atom is 0.321 e. The van der Waals surface area contributed by atoms with Crippen LogP contribution in [0.5, 0.6) is 0 Å². The SMILES string of the molecule is CC(C)CNc1nc(C2CC3CCC2C3)no1. The minimum atomic E-state index is 0.562. The molecule has 4 nitrogen and oxygen atoms in total. The van der Waals surface area contributed by atoms with E-state index in [2.05, 4.69) is 29.3 Å². The first-order chi connectivity index (χ1) is 8.22. The van der Waals surface area contributed by atoms with Crippen LogP contribution in [-0.2, 0) is 0 Å². The number of nitrogens with zero attached hydrogens (tertiary/aromatic N) is 2. The van der Waals surface area contributed by atoms with Crippen LogP contribution in [0.15, 0.2) is 4.52 Å². The van der Waals surface area contributed by atoms with Crippen LogP contribution in [0, 0.1) is 17.8 Å². The molecule has 0 amide bonds. The highest BCUT2D eigenvalue weighted by Gasteiger charge is 2.42. The van der Waals surface area contributed by atoms with Crippen LogP contribution in [0.3, 0.4) is 0 Å². The van der Waals surface area contributed by atoms with Crippen LogP contribution >= 0.6 is 0 Å². The number of hydrogen-bond donors (Lipinski definition) is 1. The highest BCUT2D eigenvalue weighted by atomic mass is 16.5. The van der Waals surface area contributed by atoms with Crippen molar-refractivity contribution >= 4 is 6.01 Å². The zero-order valence-electron chi connectivity index (χ0n) is 10.6. The highest BCUT2D eigenvalue weighted by Crippen LogP contribution is 2.52. The Morgan fingerprint density at radius 1 is 1.35 bits per heavy atom. The normalized spacial score (nSPS) is 31.4. The second-order valence-corrected chi connectivity index (χ2v) is 6.01. The van der Waals surface area contributed by atoms with Crippen LogP contribution in [0.2, 0.25) is 0 Å². The first-order valence-corrected chi connectivity index (χ1v) is 6.80. The fourth-order valence-corrected chi connectivity index (χ4v) is 3.31. The van der Waals surface area contributed by atoms with Crippen molar-refractivity contribution in [1.82, 2.24) is 10.1 Å². The van der Waals surface area contributed by atoms with E-state index in [0.717, 1.165) is 24.2 Å². The van der Waals surface area contributed by atoms with Crippen LogP contribution in [0.25, 0.3) is 0 Å². The van der Waals surface area contributed by atoms with E-state index in [1.807, 2.05) is 0 Å². The van der Waals surface area contributed by atoms with Gasteiger partial charge in [-0.05, 0) is 37.0 Å². The summed E-state index contributed by atoms with van der Waals surface area (Å²) in [6.45, 7) is 5.22. The number of hydrogen-bond acceptors (Lipinski definition) is 4. The Balaban J connectivity index is 1.64. The standard InChI is InChI=1S/C13H21N3O/c1-8(2)7-14-13-15-12(16-17-13)11-6-9-3-4-10(11)5-9/h8-11H,3-7H2,1-2H3,(H,14,15,16). The van der Waals surface area contributed by atoms with Crippen LogP contribution in [0.1, 0.15) is 51.3 Å². The topological polar surface area (TPSA) is 51.0 Å². The van der Waals surface area contributed by atoms with Gasteiger partial charge in [-0.15, -0.1) is 0 Å². The summed E-state index contributed by atoms with van der Waals surface area (Å²) in [4.78, 5) is 4.49. The summed E-state index contributed by atoms with van der Waals surface area (Å²) in [5, 5.41) is 7.34. The summed E-state index contributed by atoms with van der Waals surface area (Å²) in [6.07, 6.45) is 5.43. The molecule has 0 radical (unpaired) electrons. The molecule has 2 fully saturated rings. The van der Waals surface area contributed by atoms with E-state index in [-0.39, 0.29) is 0 Å². The third kappa shape index (κ3) is 2.17. The number of nitrogens with one attached hydrogen (secondary N) is 1. The van der Waals surface area contributed by atoms with E-state index in [0.29, 0.717) is 17.9 Å². The Morgan fingerprint density at radius 2 is 2.24 bits per heavy atom. The van der Waals surface area contributed by atoms with Crippen LogP contribution in [-0.4, -0.2) is 16.7 Å². The van der Waals surface area contributed by atoms with Gasteiger partial charge in [0.05, 0.1) is 0 Å². The van der Waals surface area contributed by atoms with Crippen molar-refractivity contribution in [2.75, 3.05) is 11.9 Å².